The molecule has 0 radical (unpaired) electrons. The lowest BCUT2D eigenvalue weighted by molar-refractivity contribution is -0.118. The van der Waals surface area contributed by atoms with Crippen LogP contribution in [0.5, 0.6) is 0 Å². The average Bonchev–Trinajstić information content (AvgIpc) is 3.07. The summed E-state index contributed by atoms with van der Waals surface area (Å²) in [6.07, 6.45) is 2.49. The summed E-state index contributed by atoms with van der Waals surface area (Å²) in [5.41, 5.74) is 7.65. The van der Waals surface area contributed by atoms with E-state index in [1.165, 1.54) is 0 Å². The van der Waals surface area contributed by atoms with Crippen molar-refractivity contribution in [2.75, 3.05) is 5.32 Å². The summed E-state index contributed by atoms with van der Waals surface area (Å²) in [6, 6.07) is 10.8. The minimum absolute atomic E-state index is 0.148. The largest absolute Gasteiger partial charge is 0.467 e. The third kappa shape index (κ3) is 5.23. The lowest BCUT2D eigenvalue weighted by atomic mass is 9.99. The zero-order valence-electron chi connectivity index (χ0n) is 13.6. The van der Waals surface area contributed by atoms with Crippen LogP contribution >= 0.6 is 0 Å². The molecular weight excluding hydrogens is 292 g/mol. The quantitative estimate of drug-likeness (QED) is 0.783. The van der Waals surface area contributed by atoms with Gasteiger partial charge in [0.2, 0.25) is 5.91 Å². The van der Waals surface area contributed by atoms with Gasteiger partial charge in [-0.2, -0.15) is 0 Å². The van der Waals surface area contributed by atoms with Crippen molar-refractivity contribution >= 4 is 11.6 Å². The summed E-state index contributed by atoms with van der Waals surface area (Å²) in [7, 11) is 0. The van der Waals surface area contributed by atoms with E-state index in [0.29, 0.717) is 13.2 Å². The molecule has 1 amide bonds. The van der Waals surface area contributed by atoms with Gasteiger partial charge in [-0.25, -0.2) is 0 Å². The predicted molar refractivity (Wildman–Crippen MR) is 89.7 cm³/mol. The third-order valence-corrected chi connectivity index (χ3v) is 3.85. The van der Waals surface area contributed by atoms with E-state index in [4.69, 9.17) is 14.9 Å². The molecule has 2 aromatic rings. The molecule has 0 aliphatic carbocycles. The third-order valence-electron chi connectivity index (χ3n) is 3.85. The van der Waals surface area contributed by atoms with Crippen LogP contribution < -0.4 is 11.1 Å². The Bertz CT molecular complexity index is 610. The first-order valence-electron chi connectivity index (χ1n) is 7.85. The van der Waals surface area contributed by atoms with Gasteiger partial charge in [-0.15, -0.1) is 0 Å². The van der Waals surface area contributed by atoms with Crippen LogP contribution in [-0.4, -0.2) is 11.9 Å². The van der Waals surface area contributed by atoms with Crippen LogP contribution in [0.1, 0.15) is 31.6 Å². The molecule has 5 nitrogen and oxygen atoms in total. The normalized spacial score (nSPS) is 13.5. The topological polar surface area (TPSA) is 77.5 Å². The Morgan fingerprint density at radius 1 is 1.30 bits per heavy atom. The van der Waals surface area contributed by atoms with Gasteiger partial charge >= 0.3 is 0 Å². The number of nitrogens with two attached hydrogens (primary N) is 1. The number of hydrogen-bond donors (Lipinski definition) is 2. The molecule has 5 heteroatoms. The molecule has 1 aromatic carbocycles. The summed E-state index contributed by atoms with van der Waals surface area (Å²) in [5.74, 6) is 0.775. The molecule has 2 unspecified atom stereocenters. The number of carbonyl (C=O) groups is 1. The van der Waals surface area contributed by atoms with E-state index in [0.717, 1.165) is 23.4 Å². The van der Waals surface area contributed by atoms with Crippen molar-refractivity contribution in [3.63, 3.8) is 0 Å². The molecule has 0 bridgehead atoms. The van der Waals surface area contributed by atoms with Gasteiger partial charge in [-0.1, -0.05) is 32.4 Å². The van der Waals surface area contributed by atoms with E-state index in [2.05, 4.69) is 5.32 Å². The number of benzene rings is 1. The molecule has 124 valence electrons. The monoisotopic (exact) mass is 316 g/mol. The average molecular weight is 316 g/mol. The molecule has 3 N–H and O–H groups in total. The van der Waals surface area contributed by atoms with Gasteiger partial charge in [-0.05, 0) is 35.7 Å². The zero-order valence-corrected chi connectivity index (χ0v) is 13.6. The SMILES string of the molecule is CCC(C)C(N)C(=O)Nc1cccc(COCc2ccco2)c1. The van der Waals surface area contributed by atoms with Crippen LogP contribution in [0, 0.1) is 5.92 Å². The zero-order chi connectivity index (χ0) is 16.7. The molecule has 1 heterocycles. The van der Waals surface area contributed by atoms with Gasteiger partial charge in [-0.3, -0.25) is 4.79 Å². The number of hydrogen-bond acceptors (Lipinski definition) is 4. The molecule has 0 fully saturated rings. The minimum atomic E-state index is -0.501. The number of anilines is 1. The molecule has 2 rings (SSSR count). The van der Waals surface area contributed by atoms with Crippen molar-refractivity contribution in [3.8, 4) is 0 Å². The highest BCUT2D eigenvalue weighted by Gasteiger charge is 2.19. The minimum Gasteiger partial charge on any atom is -0.467 e. The lowest BCUT2D eigenvalue weighted by Crippen LogP contribution is -2.40. The van der Waals surface area contributed by atoms with Gasteiger partial charge in [0.15, 0.2) is 0 Å². The molecule has 0 aliphatic rings. The highest BCUT2D eigenvalue weighted by Crippen LogP contribution is 2.14. The number of rotatable bonds is 8. The highest BCUT2D eigenvalue weighted by atomic mass is 16.5. The Morgan fingerprint density at radius 3 is 2.83 bits per heavy atom. The van der Waals surface area contributed by atoms with E-state index in [9.17, 15) is 4.79 Å². The second-order valence-electron chi connectivity index (χ2n) is 5.67. The van der Waals surface area contributed by atoms with E-state index in [-0.39, 0.29) is 11.8 Å². The number of amides is 1. The van der Waals surface area contributed by atoms with Crippen molar-refractivity contribution < 1.29 is 13.9 Å². The van der Waals surface area contributed by atoms with Gasteiger partial charge in [0.25, 0.3) is 0 Å². The second kappa shape index (κ2) is 8.50. The maximum absolute atomic E-state index is 12.1. The molecule has 0 saturated heterocycles. The van der Waals surface area contributed by atoms with Crippen LogP contribution in [-0.2, 0) is 22.7 Å². The summed E-state index contributed by atoms with van der Waals surface area (Å²) >= 11 is 0. The summed E-state index contributed by atoms with van der Waals surface area (Å²) < 4.78 is 10.8. The van der Waals surface area contributed by atoms with E-state index in [1.807, 2.05) is 50.2 Å². The summed E-state index contributed by atoms with van der Waals surface area (Å²) in [5, 5.41) is 2.86. The van der Waals surface area contributed by atoms with E-state index < -0.39 is 6.04 Å². The first-order valence-corrected chi connectivity index (χ1v) is 7.85. The Balaban J connectivity index is 1.87. The van der Waals surface area contributed by atoms with Crippen molar-refractivity contribution in [2.24, 2.45) is 11.7 Å². The Hall–Kier alpha value is -2.11. The Labute approximate surface area is 136 Å². The Morgan fingerprint density at radius 2 is 2.13 bits per heavy atom. The first-order chi connectivity index (χ1) is 11.1. The molecule has 1 aromatic heterocycles. The van der Waals surface area contributed by atoms with Gasteiger partial charge in [0, 0.05) is 5.69 Å². The maximum Gasteiger partial charge on any atom is 0.241 e. The van der Waals surface area contributed by atoms with E-state index >= 15 is 0 Å². The van der Waals surface area contributed by atoms with Gasteiger partial charge in [0.1, 0.15) is 12.4 Å². The van der Waals surface area contributed by atoms with Crippen molar-refractivity contribution in [2.45, 2.75) is 39.5 Å². The first kappa shape index (κ1) is 17.2. The standard InChI is InChI=1S/C18H24N2O3/c1-3-13(2)17(19)18(21)20-15-7-4-6-14(10-15)11-22-12-16-8-5-9-23-16/h4-10,13,17H,3,11-12,19H2,1-2H3,(H,20,21). The maximum atomic E-state index is 12.1. The van der Waals surface area contributed by atoms with Crippen LogP contribution in [0.15, 0.2) is 47.1 Å². The molecule has 0 saturated carbocycles. The van der Waals surface area contributed by atoms with Crippen LogP contribution in [0.4, 0.5) is 5.69 Å². The smallest absolute Gasteiger partial charge is 0.241 e. The predicted octanol–water partition coefficient (Wildman–Crippen LogP) is 3.31. The number of furan rings is 1. The fraction of sp³-hybridized carbons (Fsp3) is 0.389. The van der Waals surface area contributed by atoms with E-state index in [1.54, 1.807) is 6.26 Å². The molecule has 23 heavy (non-hydrogen) atoms. The lowest BCUT2D eigenvalue weighted by Gasteiger charge is -2.18. The van der Waals surface area contributed by atoms with Crippen LogP contribution in [0.3, 0.4) is 0 Å². The summed E-state index contributed by atoms with van der Waals surface area (Å²) in [6.45, 7) is 4.86. The van der Waals surface area contributed by atoms with Crippen LogP contribution in [0.25, 0.3) is 0 Å². The number of ether oxygens (including phenoxy) is 1. The van der Waals surface area contributed by atoms with Gasteiger partial charge in [0.05, 0.1) is 18.9 Å². The Kier molecular flexibility index (Phi) is 6.38. The number of nitrogens with one attached hydrogen (secondary N) is 1. The fourth-order valence-electron chi connectivity index (χ4n) is 2.14. The van der Waals surface area contributed by atoms with Crippen LogP contribution in [0.2, 0.25) is 0 Å². The molecule has 2 atom stereocenters. The second-order valence-corrected chi connectivity index (χ2v) is 5.67. The molecule has 0 aliphatic heterocycles. The highest BCUT2D eigenvalue weighted by molar-refractivity contribution is 5.94. The fourth-order valence-corrected chi connectivity index (χ4v) is 2.14. The van der Waals surface area contributed by atoms with Crippen molar-refractivity contribution in [1.82, 2.24) is 0 Å². The number of carbonyl (C=O) groups excluding carboxylic acids is 1. The molecule has 0 spiro atoms. The van der Waals surface area contributed by atoms with Crippen molar-refractivity contribution in [3.05, 3.63) is 54.0 Å². The van der Waals surface area contributed by atoms with Crippen molar-refractivity contribution in [1.29, 1.82) is 0 Å². The van der Waals surface area contributed by atoms with Gasteiger partial charge < -0.3 is 20.2 Å². The summed E-state index contributed by atoms with van der Waals surface area (Å²) in [4.78, 5) is 12.1. The molecular formula is C18H24N2O3.